The zero-order valence-corrected chi connectivity index (χ0v) is 17.4. The molecule has 0 spiro atoms. The van der Waals surface area contributed by atoms with Gasteiger partial charge in [0, 0.05) is 16.0 Å². The van der Waals surface area contributed by atoms with Crippen LogP contribution in [0.25, 0.3) is 0 Å². The Kier molecular flexibility index (Phi) is 6.30. The van der Waals surface area contributed by atoms with Gasteiger partial charge in [0.15, 0.2) is 5.13 Å². The number of amides is 2. The van der Waals surface area contributed by atoms with Crippen molar-refractivity contribution in [3.05, 3.63) is 81.6 Å². The fourth-order valence-corrected chi connectivity index (χ4v) is 3.93. The fourth-order valence-electron chi connectivity index (χ4n) is 2.83. The molecule has 2 amide bonds. The number of nitrogens with one attached hydrogen (secondary N) is 2. The van der Waals surface area contributed by atoms with Crippen LogP contribution < -0.4 is 10.6 Å². The first-order chi connectivity index (χ1) is 13.7. The Morgan fingerprint density at radius 1 is 1.17 bits per heavy atom. The van der Waals surface area contributed by atoms with Crippen molar-refractivity contribution in [2.24, 2.45) is 0 Å². The largest absolute Gasteiger partial charge is 0.347 e. The van der Waals surface area contributed by atoms with Gasteiger partial charge in [-0.3, -0.25) is 14.9 Å². The van der Waals surface area contributed by atoms with Gasteiger partial charge in [0.25, 0.3) is 5.91 Å². The van der Waals surface area contributed by atoms with Gasteiger partial charge < -0.3 is 5.32 Å². The van der Waals surface area contributed by atoms with Gasteiger partial charge in [-0.15, -0.1) is 11.3 Å². The van der Waals surface area contributed by atoms with Crippen LogP contribution in [0.5, 0.6) is 0 Å². The lowest BCUT2D eigenvalue weighted by atomic mass is 9.94. The van der Waals surface area contributed by atoms with Crippen molar-refractivity contribution >= 4 is 39.9 Å². The molecule has 5 nitrogen and oxygen atoms in total. The first-order valence-corrected chi connectivity index (χ1v) is 10.1. The van der Waals surface area contributed by atoms with Crippen molar-refractivity contribution in [1.29, 1.82) is 0 Å². The smallest absolute Gasteiger partial charge is 0.257 e. The number of carbonyl (C=O) groups is 2. The summed E-state index contributed by atoms with van der Waals surface area (Å²) in [6.07, 6.45) is 0.0416. The highest BCUT2D eigenvalue weighted by Crippen LogP contribution is 2.28. The predicted octanol–water partition coefficient (Wildman–Crippen LogP) is 4.78. The van der Waals surface area contributed by atoms with E-state index in [4.69, 9.17) is 11.6 Å². The maximum atomic E-state index is 13.3. The summed E-state index contributed by atoms with van der Waals surface area (Å²) in [5.74, 6) is -0.960. The Bertz CT molecular complexity index is 1040. The minimum Gasteiger partial charge on any atom is -0.347 e. The maximum absolute atomic E-state index is 13.3. The van der Waals surface area contributed by atoms with E-state index in [1.807, 2.05) is 6.07 Å². The van der Waals surface area contributed by atoms with E-state index in [0.29, 0.717) is 22.0 Å². The van der Waals surface area contributed by atoms with Crippen molar-refractivity contribution < 1.29 is 14.0 Å². The topological polar surface area (TPSA) is 71.1 Å². The lowest BCUT2D eigenvalue weighted by molar-refractivity contribution is -0.122. The van der Waals surface area contributed by atoms with Crippen molar-refractivity contribution in [2.75, 3.05) is 5.32 Å². The Labute approximate surface area is 176 Å². The zero-order chi connectivity index (χ0) is 21.0. The first-order valence-electron chi connectivity index (χ1n) is 8.82. The molecule has 29 heavy (non-hydrogen) atoms. The molecule has 0 aliphatic rings. The summed E-state index contributed by atoms with van der Waals surface area (Å²) in [5.41, 5.74) is 0.891. The van der Waals surface area contributed by atoms with Crippen molar-refractivity contribution in [3.8, 4) is 0 Å². The standard InChI is InChI=1S/C21H19ClFN3O2S/c1-21(2,16-9-8-14(23)10-17(16)22)26-18(27)11-15-12-29-20(24-15)25-19(28)13-6-4-3-5-7-13/h3-10,12H,11H2,1-2H3,(H,26,27)(H,24,25,28). The van der Waals surface area contributed by atoms with E-state index in [9.17, 15) is 14.0 Å². The van der Waals surface area contributed by atoms with Gasteiger partial charge >= 0.3 is 0 Å². The molecule has 0 atom stereocenters. The molecule has 8 heteroatoms. The third-order valence-corrected chi connectivity index (χ3v) is 5.33. The third kappa shape index (κ3) is 5.40. The van der Waals surface area contributed by atoms with Gasteiger partial charge in [0.05, 0.1) is 17.7 Å². The van der Waals surface area contributed by atoms with E-state index in [-0.39, 0.29) is 23.3 Å². The van der Waals surface area contributed by atoms with E-state index in [0.717, 1.165) is 0 Å². The molecule has 0 bridgehead atoms. The van der Waals surface area contributed by atoms with Crippen LogP contribution in [0.4, 0.5) is 9.52 Å². The van der Waals surface area contributed by atoms with E-state index < -0.39 is 11.4 Å². The minimum absolute atomic E-state index is 0.0416. The number of anilines is 1. The molecule has 0 aliphatic heterocycles. The second-order valence-corrected chi connectivity index (χ2v) is 8.20. The number of thiazole rings is 1. The Balaban J connectivity index is 1.62. The van der Waals surface area contributed by atoms with Gasteiger partial charge in [-0.2, -0.15) is 0 Å². The molecule has 0 saturated carbocycles. The third-order valence-electron chi connectivity index (χ3n) is 4.21. The summed E-state index contributed by atoms with van der Waals surface area (Å²) in [6.45, 7) is 3.58. The summed E-state index contributed by atoms with van der Waals surface area (Å²) >= 11 is 7.36. The highest BCUT2D eigenvalue weighted by atomic mass is 35.5. The van der Waals surface area contributed by atoms with Crippen molar-refractivity contribution in [2.45, 2.75) is 25.8 Å². The molecule has 0 saturated heterocycles. The normalized spacial score (nSPS) is 11.2. The quantitative estimate of drug-likeness (QED) is 0.590. The Morgan fingerprint density at radius 3 is 2.59 bits per heavy atom. The Morgan fingerprint density at radius 2 is 1.90 bits per heavy atom. The maximum Gasteiger partial charge on any atom is 0.257 e. The average Bonchev–Trinajstić information content (AvgIpc) is 3.08. The molecular weight excluding hydrogens is 413 g/mol. The van der Waals surface area contributed by atoms with Crippen LogP contribution in [0.1, 0.15) is 35.5 Å². The minimum atomic E-state index is -0.789. The fraction of sp³-hybridized carbons (Fsp3) is 0.190. The number of rotatable bonds is 6. The molecule has 0 unspecified atom stereocenters. The highest BCUT2D eigenvalue weighted by molar-refractivity contribution is 7.14. The second-order valence-electron chi connectivity index (χ2n) is 6.94. The van der Waals surface area contributed by atoms with E-state index in [1.165, 1.54) is 23.5 Å². The molecule has 1 aromatic heterocycles. The summed E-state index contributed by atoms with van der Waals surface area (Å²) in [7, 11) is 0. The van der Waals surface area contributed by atoms with E-state index in [1.54, 1.807) is 49.6 Å². The van der Waals surface area contributed by atoms with Gasteiger partial charge in [-0.05, 0) is 43.7 Å². The molecule has 2 aromatic carbocycles. The SMILES string of the molecule is CC(C)(NC(=O)Cc1csc(NC(=O)c2ccccc2)n1)c1ccc(F)cc1Cl. The zero-order valence-electron chi connectivity index (χ0n) is 15.8. The average molecular weight is 432 g/mol. The van der Waals surface area contributed by atoms with Crippen LogP contribution in [0.15, 0.2) is 53.9 Å². The molecule has 3 rings (SSSR count). The lowest BCUT2D eigenvalue weighted by Crippen LogP contribution is -2.42. The lowest BCUT2D eigenvalue weighted by Gasteiger charge is -2.27. The molecule has 0 fully saturated rings. The number of nitrogens with zero attached hydrogens (tertiary/aromatic N) is 1. The van der Waals surface area contributed by atoms with Crippen LogP contribution in [0.2, 0.25) is 5.02 Å². The Hall–Kier alpha value is -2.77. The van der Waals surface area contributed by atoms with Crippen molar-refractivity contribution in [1.82, 2.24) is 10.3 Å². The summed E-state index contributed by atoms with van der Waals surface area (Å²) in [4.78, 5) is 29.0. The molecule has 0 radical (unpaired) electrons. The van der Waals surface area contributed by atoms with Crippen molar-refractivity contribution in [3.63, 3.8) is 0 Å². The van der Waals surface area contributed by atoms with E-state index >= 15 is 0 Å². The number of aromatic nitrogens is 1. The predicted molar refractivity (Wildman–Crippen MR) is 113 cm³/mol. The number of carbonyl (C=O) groups excluding carboxylic acids is 2. The van der Waals surface area contributed by atoms with Gasteiger partial charge in [-0.25, -0.2) is 9.37 Å². The molecule has 3 aromatic rings. The number of benzene rings is 2. The second kappa shape index (κ2) is 8.71. The molecule has 2 N–H and O–H groups in total. The molecule has 150 valence electrons. The van der Waals surface area contributed by atoms with Crippen LogP contribution >= 0.6 is 22.9 Å². The van der Waals surface area contributed by atoms with E-state index in [2.05, 4.69) is 15.6 Å². The van der Waals surface area contributed by atoms with Gasteiger partial charge in [0.2, 0.25) is 5.91 Å². The molecular formula is C21H19ClFN3O2S. The number of halogens is 2. The summed E-state index contributed by atoms with van der Waals surface area (Å²) in [6, 6.07) is 12.9. The van der Waals surface area contributed by atoms with Crippen LogP contribution in [-0.2, 0) is 16.8 Å². The van der Waals surface area contributed by atoms with Crippen LogP contribution in [0.3, 0.4) is 0 Å². The van der Waals surface area contributed by atoms with Gasteiger partial charge in [-0.1, -0.05) is 35.9 Å². The van der Waals surface area contributed by atoms with Gasteiger partial charge in [0.1, 0.15) is 5.82 Å². The highest BCUT2D eigenvalue weighted by Gasteiger charge is 2.26. The summed E-state index contributed by atoms with van der Waals surface area (Å²) in [5, 5.41) is 8.00. The van der Waals surface area contributed by atoms with Crippen LogP contribution in [0, 0.1) is 5.82 Å². The molecule has 1 heterocycles. The number of hydrogen-bond acceptors (Lipinski definition) is 4. The van der Waals surface area contributed by atoms with Crippen LogP contribution in [-0.4, -0.2) is 16.8 Å². The number of hydrogen-bond donors (Lipinski definition) is 2. The first kappa shape index (κ1) is 21.0. The molecule has 0 aliphatic carbocycles. The monoisotopic (exact) mass is 431 g/mol. The summed E-state index contributed by atoms with van der Waals surface area (Å²) < 4.78 is 13.3.